The highest BCUT2D eigenvalue weighted by atomic mass is 16.5. The number of likely N-dealkylation sites (tertiary alicyclic amines) is 1. The van der Waals surface area contributed by atoms with Crippen molar-refractivity contribution in [1.82, 2.24) is 19.8 Å². The molecule has 130 valence electrons. The van der Waals surface area contributed by atoms with Crippen LogP contribution >= 0.6 is 0 Å². The summed E-state index contributed by atoms with van der Waals surface area (Å²) in [5.41, 5.74) is 1.98. The van der Waals surface area contributed by atoms with Gasteiger partial charge < -0.3 is 14.2 Å². The lowest BCUT2D eigenvalue weighted by Crippen LogP contribution is -2.30. The highest BCUT2D eigenvalue weighted by Gasteiger charge is 2.35. The number of methoxy groups -OCH3 is 1. The lowest BCUT2D eigenvalue weighted by Gasteiger charge is -2.16. The molecule has 0 aliphatic carbocycles. The van der Waals surface area contributed by atoms with Crippen molar-refractivity contribution < 1.29 is 14.1 Å². The fourth-order valence-electron chi connectivity index (χ4n) is 3.24. The first-order chi connectivity index (χ1) is 11.5. The van der Waals surface area contributed by atoms with Crippen LogP contribution in [0.5, 0.6) is 0 Å². The second-order valence-electron chi connectivity index (χ2n) is 6.50. The second kappa shape index (κ2) is 7.17. The average molecular weight is 332 g/mol. The molecule has 0 bridgehead atoms. The summed E-state index contributed by atoms with van der Waals surface area (Å²) in [6.07, 6.45) is 4.97. The van der Waals surface area contributed by atoms with Crippen LogP contribution < -0.4 is 0 Å². The number of nitrogens with zero attached hydrogens (tertiary/aromatic N) is 4. The van der Waals surface area contributed by atoms with Crippen molar-refractivity contribution in [2.45, 2.75) is 39.3 Å². The van der Waals surface area contributed by atoms with Crippen molar-refractivity contribution in [2.75, 3.05) is 20.2 Å². The fraction of sp³-hybridized carbons (Fsp3) is 0.588. The molecule has 2 aromatic heterocycles. The Kier molecular flexibility index (Phi) is 4.99. The molecule has 1 aliphatic rings. The largest absolute Gasteiger partial charge is 0.379 e. The number of carbonyl (C=O) groups excluding carboxylic acids is 1. The van der Waals surface area contributed by atoms with E-state index < -0.39 is 0 Å². The monoisotopic (exact) mass is 332 g/mol. The molecule has 1 saturated heterocycles. The first-order valence-corrected chi connectivity index (χ1v) is 8.27. The van der Waals surface area contributed by atoms with Gasteiger partial charge in [0.1, 0.15) is 5.76 Å². The van der Waals surface area contributed by atoms with Crippen LogP contribution in [0.4, 0.5) is 0 Å². The third-order valence-electron chi connectivity index (χ3n) is 4.49. The molecule has 7 nitrogen and oxygen atoms in total. The summed E-state index contributed by atoms with van der Waals surface area (Å²) in [6.45, 7) is 5.82. The van der Waals surface area contributed by atoms with Gasteiger partial charge in [0.15, 0.2) is 0 Å². The van der Waals surface area contributed by atoms with E-state index in [-0.39, 0.29) is 17.9 Å². The number of hydrogen-bond donors (Lipinski definition) is 0. The van der Waals surface area contributed by atoms with Crippen LogP contribution in [0, 0.1) is 19.8 Å². The molecule has 1 aliphatic heterocycles. The summed E-state index contributed by atoms with van der Waals surface area (Å²) in [5.74, 6) is 1.22. The maximum absolute atomic E-state index is 12.5. The van der Waals surface area contributed by atoms with Crippen LogP contribution in [-0.2, 0) is 22.5 Å². The standard InChI is InChI=1S/C17H24N4O3/c1-12-8-18-21(9-12)5-4-17(22)20-10-14(16(11-20)23-3)7-15-6-13(2)19-24-15/h6,8-9,14,16H,4-5,7,10-11H2,1-3H3/t14-,16+/m1/s1. The quantitative estimate of drug-likeness (QED) is 0.803. The zero-order valence-electron chi connectivity index (χ0n) is 14.4. The highest BCUT2D eigenvalue weighted by Crippen LogP contribution is 2.24. The van der Waals surface area contributed by atoms with E-state index in [1.165, 1.54) is 0 Å². The molecule has 0 radical (unpaired) electrons. The van der Waals surface area contributed by atoms with Gasteiger partial charge in [-0.05, 0) is 19.4 Å². The SMILES string of the molecule is CO[C@H]1CN(C(=O)CCn2cc(C)cn2)C[C@H]1Cc1cc(C)no1. The van der Waals surface area contributed by atoms with Gasteiger partial charge in [0, 0.05) is 57.8 Å². The van der Waals surface area contributed by atoms with Gasteiger partial charge in [0.25, 0.3) is 0 Å². The van der Waals surface area contributed by atoms with Crippen LogP contribution in [0.25, 0.3) is 0 Å². The van der Waals surface area contributed by atoms with Gasteiger partial charge in [0.2, 0.25) is 5.91 Å². The van der Waals surface area contributed by atoms with Gasteiger partial charge in [-0.25, -0.2) is 0 Å². The molecule has 3 rings (SSSR count). The number of carbonyl (C=O) groups is 1. The molecule has 2 atom stereocenters. The van der Waals surface area contributed by atoms with Gasteiger partial charge in [0.05, 0.1) is 18.0 Å². The van der Waals surface area contributed by atoms with E-state index >= 15 is 0 Å². The Morgan fingerprint density at radius 2 is 2.25 bits per heavy atom. The van der Waals surface area contributed by atoms with Gasteiger partial charge in [-0.2, -0.15) is 5.10 Å². The Bertz CT molecular complexity index is 694. The Hall–Kier alpha value is -2.15. The van der Waals surface area contributed by atoms with E-state index in [0.717, 1.165) is 23.4 Å². The highest BCUT2D eigenvalue weighted by molar-refractivity contribution is 5.76. The molecule has 1 fully saturated rings. The molecule has 3 heterocycles. The first-order valence-electron chi connectivity index (χ1n) is 8.27. The minimum atomic E-state index is 0.0336. The van der Waals surface area contributed by atoms with Crippen LogP contribution in [0.15, 0.2) is 23.0 Å². The van der Waals surface area contributed by atoms with E-state index in [0.29, 0.717) is 26.1 Å². The zero-order chi connectivity index (χ0) is 17.1. The lowest BCUT2D eigenvalue weighted by molar-refractivity contribution is -0.130. The number of amides is 1. The summed E-state index contributed by atoms with van der Waals surface area (Å²) in [5, 5.41) is 8.14. The van der Waals surface area contributed by atoms with Crippen LogP contribution in [-0.4, -0.2) is 52.0 Å². The maximum Gasteiger partial charge on any atom is 0.224 e. The predicted molar refractivity (Wildman–Crippen MR) is 87.4 cm³/mol. The summed E-state index contributed by atoms with van der Waals surface area (Å²) < 4.78 is 12.7. The van der Waals surface area contributed by atoms with Gasteiger partial charge >= 0.3 is 0 Å². The van der Waals surface area contributed by atoms with E-state index in [4.69, 9.17) is 9.26 Å². The zero-order valence-corrected chi connectivity index (χ0v) is 14.4. The smallest absolute Gasteiger partial charge is 0.224 e. The van der Waals surface area contributed by atoms with Crippen molar-refractivity contribution in [3.63, 3.8) is 0 Å². The van der Waals surface area contributed by atoms with Crippen molar-refractivity contribution in [1.29, 1.82) is 0 Å². The number of rotatable bonds is 6. The topological polar surface area (TPSA) is 73.4 Å². The summed E-state index contributed by atoms with van der Waals surface area (Å²) >= 11 is 0. The molecule has 0 N–H and O–H groups in total. The number of ether oxygens (including phenoxy) is 1. The van der Waals surface area contributed by atoms with Gasteiger partial charge in [-0.3, -0.25) is 9.48 Å². The fourth-order valence-corrected chi connectivity index (χ4v) is 3.24. The Labute approximate surface area is 141 Å². The van der Waals surface area contributed by atoms with Crippen LogP contribution in [0.2, 0.25) is 0 Å². The molecule has 2 aromatic rings. The third kappa shape index (κ3) is 3.84. The number of aromatic nitrogens is 3. The summed E-state index contributed by atoms with van der Waals surface area (Å²) in [6, 6.07) is 1.94. The molecular formula is C17H24N4O3. The molecule has 7 heteroatoms. The number of hydrogen-bond acceptors (Lipinski definition) is 5. The number of aryl methyl sites for hydroxylation is 3. The summed E-state index contributed by atoms with van der Waals surface area (Å²) in [4.78, 5) is 14.4. The second-order valence-corrected chi connectivity index (χ2v) is 6.50. The van der Waals surface area contributed by atoms with E-state index in [1.54, 1.807) is 13.3 Å². The Morgan fingerprint density at radius 3 is 2.88 bits per heavy atom. The molecule has 1 amide bonds. The minimum Gasteiger partial charge on any atom is -0.379 e. The molecule has 0 saturated carbocycles. The van der Waals surface area contributed by atoms with Crippen molar-refractivity contribution >= 4 is 5.91 Å². The average Bonchev–Trinajstić information content (AvgIpc) is 3.26. The van der Waals surface area contributed by atoms with E-state index in [2.05, 4.69) is 10.3 Å². The van der Waals surface area contributed by atoms with E-state index in [9.17, 15) is 4.79 Å². The molecule has 0 unspecified atom stereocenters. The minimum absolute atomic E-state index is 0.0336. The lowest BCUT2D eigenvalue weighted by atomic mass is 10.0. The van der Waals surface area contributed by atoms with Crippen LogP contribution in [0.3, 0.4) is 0 Å². The van der Waals surface area contributed by atoms with Crippen molar-refractivity contribution in [3.05, 3.63) is 35.5 Å². The maximum atomic E-state index is 12.5. The molecular weight excluding hydrogens is 308 g/mol. The van der Waals surface area contributed by atoms with Crippen molar-refractivity contribution in [3.8, 4) is 0 Å². The van der Waals surface area contributed by atoms with Crippen LogP contribution in [0.1, 0.15) is 23.4 Å². The van der Waals surface area contributed by atoms with Gasteiger partial charge in [-0.15, -0.1) is 0 Å². The Morgan fingerprint density at radius 1 is 1.42 bits per heavy atom. The van der Waals surface area contributed by atoms with Crippen molar-refractivity contribution in [2.24, 2.45) is 5.92 Å². The predicted octanol–water partition coefficient (Wildman–Crippen LogP) is 1.59. The molecule has 0 aromatic carbocycles. The summed E-state index contributed by atoms with van der Waals surface area (Å²) in [7, 11) is 1.70. The first kappa shape index (κ1) is 16.7. The van der Waals surface area contributed by atoms with E-state index in [1.807, 2.05) is 35.7 Å². The van der Waals surface area contributed by atoms with Gasteiger partial charge in [-0.1, -0.05) is 5.16 Å². The normalized spacial score (nSPS) is 20.7. The Balaban J connectivity index is 1.55. The molecule has 0 spiro atoms. The third-order valence-corrected chi connectivity index (χ3v) is 4.49. The molecule has 24 heavy (non-hydrogen) atoms.